The van der Waals surface area contributed by atoms with Crippen LogP contribution < -0.4 is 5.32 Å². The summed E-state index contributed by atoms with van der Waals surface area (Å²) in [4.78, 5) is 21.9. The molecule has 0 amide bonds. The van der Waals surface area contributed by atoms with Crippen LogP contribution in [-0.4, -0.2) is 29.0 Å². The molecule has 2 unspecified atom stereocenters. The van der Waals surface area contributed by atoms with Crippen LogP contribution in [0.25, 0.3) is 0 Å². The molecular formula is C28H36ClF2N3O2. The van der Waals surface area contributed by atoms with Crippen molar-refractivity contribution in [1.29, 1.82) is 0 Å². The number of nitrogens with zero attached hydrogens (tertiary/aromatic N) is 2. The monoisotopic (exact) mass is 519 g/mol. The van der Waals surface area contributed by atoms with Crippen molar-refractivity contribution in [2.75, 3.05) is 18.5 Å². The lowest BCUT2D eigenvalue weighted by molar-refractivity contribution is -0.124. The Labute approximate surface area is 217 Å². The third-order valence-electron chi connectivity index (χ3n) is 7.78. The smallest absolute Gasteiger partial charge is 0.264 e. The van der Waals surface area contributed by atoms with Crippen molar-refractivity contribution in [3.63, 3.8) is 0 Å². The molecule has 1 aromatic heterocycles. The largest absolute Gasteiger partial charge is 0.381 e. The second-order valence-electron chi connectivity index (χ2n) is 10.2. The molecule has 1 aromatic carbocycles. The van der Waals surface area contributed by atoms with Crippen molar-refractivity contribution in [1.82, 2.24) is 9.97 Å². The number of benzene rings is 1. The number of hydrogen-bond donors (Lipinski definition) is 1. The minimum atomic E-state index is -2.52. The number of anilines is 1. The van der Waals surface area contributed by atoms with Gasteiger partial charge < -0.3 is 10.1 Å². The van der Waals surface area contributed by atoms with Gasteiger partial charge in [-0.15, -0.1) is 0 Å². The number of aryl methyl sites for hydroxylation is 1. The Kier molecular flexibility index (Phi) is 9.29. The van der Waals surface area contributed by atoms with Crippen LogP contribution in [-0.2, 0) is 22.4 Å². The summed E-state index contributed by atoms with van der Waals surface area (Å²) in [6, 6.07) is 4.76. The summed E-state index contributed by atoms with van der Waals surface area (Å²) in [7, 11) is 0. The van der Waals surface area contributed by atoms with Gasteiger partial charge in [0.15, 0.2) is 0 Å². The molecule has 1 fully saturated rings. The maximum atomic E-state index is 13.4. The predicted octanol–water partition coefficient (Wildman–Crippen LogP) is 7.21. The third-order valence-corrected chi connectivity index (χ3v) is 7.95. The van der Waals surface area contributed by atoms with E-state index in [2.05, 4.69) is 15.3 Å². The molecule has 4 rings (SSSR count). The average molecular weight is 520 g/mol. The molecule has 1 aliphatic carbocycles. The van der Waals surface area contributed by atoms with Crippen molar-refractivity contribution < 1.29 is 18.3 Å². The summed E-state index contributed by atoms with van der Waals surface area (Å²) in [5, 5.41) is 3.60. The number of nitrogens with one attached hydrogen (secondary N) is 1. The zero-order chi connectivity index (χ0) is 25.7. The maximum Gasteiger partial charge on any atom is 0.264 e. The molecule has 2 aliphatic rings. The van der Waals surface area contributed by atoms with Crippen LogP contribution in [0.15, 0.2) is 18.2 Å². The van der Waals surface area contributed by atoms with E-state index in [1.54, 1.807) is 13.0 Å². The van der Waals surface area contributed by atoms with Gasteiger partial charge in [0, 0.05) is 36.7 Å². The molecule has 196 valence electrons. The first kappa shape index (κ1) is 26.9. The fourth-order valence-electron chi connectivity index (χ4n) is 5.62. The quantitative estimate of drug-likeness (QED) is 0.373. The fraction of sp³-hybridized carbons (Fsp3) is 0.607. The van der Waals surface area contributed by atoms with Crippen LogP contribution in [0.2, 0.25) is 5.28 Å². The summed E-state index contributed by atoms with van der Waals surface area (Å²) in [6.07, 6.45) is 5.35. The van der Waals surface area contributed by atoms with E-state index in [4.69, 9.17) is 16.3 Å². The predicted molar refractivity (Wildman–Crippen MR) is 138 cm³/mol. The van der Waals surface area contributed by atoms with Crippen LogP contribution in [0.4, 0.5) is 14.6 Å². The van der Waals surface area contributed by atoms with Crippen LogP contribution in [0.1, 0.15) is 92.3 Å². The number of rotatable bonds is 8. The lowest BCUT2D eigenvalue weighted by Gasteiger charge is -2.28. The topological polar surface area (TPSA) is 64.1 Å². The number of carbonyl (C=O) groups excluding carboxylic acids is 1. The Morgan fingerprint density at radius 1 is 1.17 bits per heavy atom. The molecule has 1 N–H and O–H groups in total. The normalized spacial score (nSPS) is 21.4. The average Bonchev–Trinajstić information content (AvgIpc) is 2.82. The lowest BCUT2D eigenvalue weighted by atomic mass is 9.82. The zero-order valence-electron chi connectivity index (χ0n) is 21.2. The van der Waals surface area contributed by atoms with Crippen molar-refractivity contribution in [3.05, 3.63) is 51.4 Å². The number of fused-ring (bicyclic) bond motifs is 1. The summed E-state index contributed by atoms with van der Waals surface area (Å²) in [6.45, 7) is 5.16. The Morgan fingerprint density at radius 3 is 2.78 bits per heavy atom. The SMILES string of the molecule is Cc1c(C(F)F)cccc1[C@@H](C)Nc1nc(Cl)nc2c1CC(CCC(=O)C1CCCCOCC1)CC2. The van der Waals surface area contributed by atoms with E-state index in [1.807, 2.05) is 13.0 Å². The number of ketones is 1. The number of aromatic nitrogens is 2. The van der Waals surface area contributed by atoms with Gasteiger partial charge in [0.05, 0.1) is 11.7 Å². The molecule has 0 bridgehead atoms. The van der Waals surface area contributed by atoms with Crippen LogP contribution in [0.3, 0.4) is 0 Å². The maximum absolute atomic E-state index is 13.4. The Morgan fingerprint density at radius 2 is 1.97 bits per heavy atom. The number of alkyl halides is 2. The Bertz CT molecular complexity index is 1060. The number of halogens is 3. The molecular weight excluding hydrogens is 484 g/mol. The second kappa shape index (κ2) is 12.4. The van der Waals surface area contributed by atoms with E-state index >= 15 is 0 Å². The van der Waals surface area contributed by atoms with E-state index in [0.717, 1.165) is 74.8 Å². The van der Waals surface area contributed by atoms with E-state index in [1.165, 1.54) is 6.07 Å². The molecule has 0 saturated carbocycles. The molecule has 1 saturated heterocycles. The van der Waals surface area contributed by atoms with Crippen LogP contribution >= 0.6 is 11.6 Å². The highest BCUT2D eigenvalue weighted by atomic mass is 35.5. The molecule has 0 radical (unpaired) electrons. The van der Waals surface area contributed by atoms with Gasteiger partial charge in [-0.05, 0) is 87.4 Å². The van der Waals surface area contributed by atoms with Crippen molar-refractivity contribution in [2.24, 2.45) is 11.8 Å². The number of hydrogen-bond acceptors (Lipinski definition) is 5. The fourth-order valence-corrected chi connectivity index (χ4v) is 5.81. The van der Waals surface area contributed by atoms with E-state index < -0.39 is 6.43 Å². The lowest BCUT2D eigenvalue weighted by Crippen LogP contribution is -2.23. The summed E-state index contributed by atoms with van der Waals surface area (Å²) < 4.78 is 32.4. The Balaban J connectivity index is 1.44. The molecule has 36 heavy (non-hydrogen) atoms. The van der Waals surface area contributed by atoms with Crippen molar-refractivity contribution in [2.45, 2.75) is 84.1 Å². The number of carbonyl (C=O) groups is 1. The number of Topliss-reactive ketones (excluding diaryl/α,β-unsaturated/α-hetero) is 1. The van der Waals surface area contributed by atoms with Gasteiger partial charge in [-0.25, -0.2) is 18.7 Å². The summed E-state index contributed by atoms with van der Waals surface area (Å²) in [5.74, 6) is 1.51. The number of ether oxygens (including phenoxy) is 1. The van der Waals surface area contributed by atoms with Crippen LogP contribution in [0.5, 0.6) is 0 Å². The summed E-state index contributed by atoms with van der Waals surface area (Å²) in [5.41, 5.74) is 3.39. The van der Waals surface area contributed by atoms with Gasteiger partial charge in [-0.1, -0.05) is 24.6 Å². The molecule has 0 spiro atoms. The molecule has 1 aliphatic heterocycles. The molecule has 3 atom stereocenters. The highest BCUT2D eigenvalue weighted by molar-refractivity contribution is 6.28. The second-order valence-corrected chi connectivity index (χ2v) is 10.5. The van der Waals surface area contributed by atoms with E-state index in [0.29, 0.717) is 36.1 Å². The van der Waals surface area contributed by atoms with Gasteiger partial charge in [-0.3, -0.25) is 4.79 Å². The summed E-state index contributed by atoms with van der Waals surface area (Å²) >= 11 is 6.24. The first-order chi connectivity index (χ1) is 17.3. The Hall–Kier alpha value is -2.12. The van der Waals surface area contributed by atoms with Crippen molar-refractivity contribution >= 4 is 23.2 Å². The van der Waals surface area contributed by atoms with E-state index in [9.17, 15) is 13.6 Å². The molecule has 2 aromatic rings. The highest BCUT2D eigenvalue weighted by Crippen LogP contribution is 2.35. The first-order valence-corrected chi connectivity index (χ1v) is 13.5. The third kappa shape index (κ3) is 6.60. The van der Waals surface area contributed by atoms with Gasteiger partial charge in [-0.2, -0.15) is 0 Å². The molecule has 8 heteroatoms. The highest BCUT2D eigenvalue weighted by Gasteiger charge is 2.27. The van der Waals surface area contributed by atoms with Gasteiger partial charge >= 0.3 is 0 Å². The standard InChI is InChI=1S/C28H36ClF2N3O2/c1-17-21(7-5-8-22(17)26(30)31)18(2)32-27-23-16-19(9-11-24(23)33-28(29)34-27)10-12-25(35)20-6-3-4-14-36-15-13-20/h5,7-8,18-20,26H,3-4,6,9-16H2,1-2H3,(H,32,33,34)/t18-,19?,20?/m1/s1. The van der Waals surface area contributed by atoms with E-state index in [-0.39, 0.29) is 22.8 Å². The van der Waals surface area contributed by atoms with Gasteiger partial charge in [0.2, 0.25) is 5.28 Å². The minimum Gasteiger partial charge on any atom is -0.381 e. The van der Waals surface area contributed by atoms with Gasteiger partial charge in [0.1, 0.15) is 11.6 Å². The molecule has 5 nitrogen and oxygen atoms in total. The molecule has 2 heterocycles. The zero-order valence-corrected chi connectivity index (χ0v) is 21.9. The first-order valence-electron chi connectivity index (χ1n) is 13.1. The minimum absolute atomic E-state index is 0.0458. The van der Waals surface area contributed by atoms with Crippen molar-refractivity contribution in [3.8, 4) is 0 Å². The van der Waals surface area contributed by atoms with Crippen LogP contribution in [0, 0.1) is 18.8 Å². The van der Waals surface area contributed by atoms with Gasteiger partial charge in [0.25, 0.3) is 6.43 Å².